The maximum absolute atomic E-state index is 11.4. The van der Waals surface area contributed by atoms with Gasteiger partial charge in [0.25, 0.3) is 0 Å². The molecule has 29 heavy (non-hydrogen) atoms. The van der Waals surface area contributed by atoms with E-state index in [1.807, 2.05) is 25.1 Å². The minimum Gasteiger partial charge on any atom is -0.481 e. The van der Waals surface area contributed by atoms with Crippen molar-refractivity contribution >= 4 is 23.3 Å². The summed E-state index contributed by atoms with van der Waals surface area (Å²) in [6.07, 6.45) is 0.700. The molecule has 1 aliphatic heterocycles. The first kappa shape index (κ1) is 19.4. The SMILES string of the molecule is CC1=Nc2cc3c(cc2C1(C)C)-c1ccccc1C3(CCC(=O)O)CCC(=O)O. The van der Waals surface area contributed by atoms with Crippen LogP contribution in [0.4, 0.5) is 5.69 Å². The highest BCUT2D eigenvalue weighted by atomic mass is 16.4. The highest BCUT2D eigenvalue weighted by Gasteiger charge is 2.45. The number of nitrogens with zero attached hydrogens (tertiary/aromatic N) is 1. The molecule has 2 aromatic carbocycles. The summed E-state index contributed by atoms with van der Waals surface area (Å²) in [5.41, 5.74) is 6.51. The molecule has 0 atom stereocenters. The number of hydrogen-bond acceptors (Lipinski definition) is 3. The predicted molar refractivity (Wildman–Crippen MR) is 112 cm³/mol. The lowest BCUT2D eigenvalue weighted by atomic mass is 9.70. The van der Waals surface area contributed by atoms with E-state index >= 15 is 0 Å². The molecule has 1 heterocycles. The molecule has 0 radical (unpaired) electrons. The molecule has 2 N–H and O–H groups in total. The van der Waals surface area contributed by atoms with Crippen molar-refractivity contribution in [3.63, 3.8) is 0 Å². The van der Waals surface area contributed by atoms with Crippen molar-refractivity contribution in [1.82, 2.24) is 0 Å². The molecule has 0 amide bonds. The zero-order valence-corrected chi connectivity index (χ0v) is 17.0. The fourth-order valence-electron chi connectivity index (χ4n) is 4.90. The van der Waals surface area contributed by atoms with E-state index in [-0.39, 0.29) is 18.3 Å². The predicted octanol–water partition coefficient (Wildman–Crippen LogP) is 5.07. The molecule has 0 unspecified atom stereocenters. The van der Waals surface area contributed by atoms with Crippen LogP contribution in [0.25, 0.3) is 11.1 Å². The minimum absolute atomic E-state index is 0.0156. The molecule has 5 heteroatoms. The summed E-state index contributed by atoms with van der Waals surface area (Å²) in [5, 5.41) is 18.8. The lowest BCUT2D eigenvalue weighted by Crippen LogP contribution is -2.28. The van der Waals surface area contributed by atoms with Crippen molar-refractivity contribution < 1.29 is 19.8 Å². The van der Waals surface area contributed by atoms with Crippen LogP contribution in [0.1, 0.15) is 63.1 Å². The van der Waals surface area contributed by atoms with Gasteiger partial charge in [0.15, 0.2) is 0 Å². The van der Waals surface area contributed by atoms with Crippen molar-refractivity contribution in [1.29, 1.82) is 0 Å². The Morgan fingerprint density at radius 3 is 2.14 bits per heavy atom. The van der Waals surface area contributed by atoms with Crippen LogP contribution in [-0.2, 0) is 20.4 Å². The molecule has 0 aromatic heterocycles. The topological polar surface area (TPSA) is 87.0 Å². The van der Waals surface area contributed by atoms with Gasteiger partial charge in [-0.1, -0.05) is 38.1 Å². The summed E-state index contributed by atoms with van der Waals surface area (Å²) in [4.78, 5) is 27.7. The van der Waals surface area contributed by atoms with Gasteiger partial charge in [-0.25, -0.2) is 0 Å². The molecule has 2 aromatic rings. The summed E-state index contributed by atoms with van der Waals surface area (Å²) in [6, 6.07) is 12.3. The molecule has 0 fully saturated rings. The van der Waals surface area contributed by atoms with Gasteiger partial charge in [-0.05, 0) is 59.7 Å². The summed E-state index contributed by atoms with van der Waals surface area (Å²) in [7, 11) is 0. The molecule has 0 saturated heterocycles. The minimum atomic E-state index is -0.873. The summed E-state index contributed by atoms with van der Waals surface area (Å²) < 4.78 is 0. The zero-order valence-electron chi connectivity index (χ0n) is 17.0. The molecule has 2 aliphatic rings. The van der Waals surface area contributed by atoms with Crippen LogP contribution >= 0.6 is 0 Å². The lowest BCUT2D eigenvalue weighted by molar-refractivity contribution is -0.137. The second-order valence-corrected chi connectivity index (χ2v) is 8.65. The normalized spacial score (nSPS) is 17.3. The van der Waals surface area contributed by atoms with E-state index in [1.54, 1.807) is 0 Å². The number of aliphatic carboxylic acids is 2. The van der Waals surface area contributed by atoms with Crippen LogP contribution in [0.2, 0.25) is 0 Å². The van der Waals surface area contributed by atoms with Gasteiger partial charge in [0.2, 0.25) is 0 Å². The first-order chi connectivity index (χ1) is 13.7. The highest BCUT2D eigenvalue weighted by molar-refractivity contribution is 6.01. The highest BCUT2D eigenvalue weighted by Crippen LogP contribution is 2.56. The number of rotatable bonds is 6. The summed E-state index contributed by atoms with van der Waals surface area (Å²) in [6.45, 7) is 6.35. The first-order valence-corrected chi connectivity index (χ1v) is 9.95. The maximum Gasteiger partial charge on any atom is 0.303 e. The van der Waals surface area contributed by atoms with Gasteiger partial charge in [-0.15, -0.1) is 0 Å². The number of carboxylic acid groups (broad SMARTS) is 2. The van der Waals surface area contributed by atoms with Crippen LogP contribution in [0.5, 0.6) is 0 Å². The average molecular weight is 391 g/mol. The smallest absolute Gasteiger partial charge is 0.303 e. The summed E-state index contributed by atoms with van der Waals surface area (Å²) in [5.74, 6) is -1.75. The Morgan fingerprint density at radius 1 is 0.897 bits per heavy atom. The van der Waals surface area contributed by atoms with E-state index in [9.17, 15) is 19.8 Å². The van der Waals surface area contributed by atoms with Gasteiger partial charge in [-0.3, -0.25) is 14.6 Å². The van der Waals surface area contributed by atoms with Gasteiger partial charge < -0.3 is 10.2 Å². The number of aliphatic imine (C=N–C) groups is 1. The Balaban J connectivity index is 1.96. The van der Waals surface area contributed by atoms with E-state index < -0.39 is 17.4 Å². The van der Waals surface area contributed by atoms with Gasteiger partial charge in [0, 0.05) is 29.4 Å². The molecule has 0 saturated carbocycles. The second kappa shape index (κ2) is 6.55. The van der Waals surface area contributed by atoms with Crippen LogP contribution in [-0.4, -0.2) is 27.9 Å². The van der Waals surface area contributed by atoms with Gasteiger partial charge in [-0.2, -0.15) is 0 Å². The quantitative estimate of drug-likeness (QED) is 0.720. The largest absolute Gasteiger partial charge is 0.481 e. The Labute approximate surface area is 170 Å². The van der Waals surface area contributed by atoms with Crippen molar-refractivity contribution in [2.45, 2.75) is 57.3 Å². The third-order valence-corrected chi connectivity index (χ3v) is 6.78. The standard InChI is InChI=1S/C24H25NO4/c1-14-23(2,3)19-12-16-15-6-4-5-7-17(15)24(10-8-21(26)27,11-9-22(28)29)18(16)13-20(19)25-14/h4-7,12-13H,8-11H2,1-3H3,(H,26,27)(H,28,29). The van der Waals surface area contributed by atoms with Gasteiger partial charge in [0.1, 0.15) is 0 Å². The summed E-state index contributed by atoms with van der Waals surface area (Å²) >= 11 is 0. The first-order valence-electron chi connectivity index (χ1n) is 9.95. The molecule has 1 aliphatic carbocycles. The Kier molecular flexibility index (Phi) is 4.37. The molecule has 4 rings (SSSR count). The van der Waals surface area contributed by atoms with E-state index in [4.69, 9.17) is 4.99 Å². The lowest BCUT2D eigenvalue weighted by Gasteiger charge is -2.32. The molecular weight excluding hydrogens is 366 g/mol. The third-order valence-electron chi connectivity index (χ3n) is 6.78. The molecule has 150 valence electrons. The number of fused-ring (bicyclic) bond motifs is 4. The second-order valence-electron chi connectivity index (χ2n) is 8.65. The van der Waals surface area contributed by atoms with Crippen molar-refractivity contribution in [2.75, 3.05) is 0 Å². The number of carboxylic acids is 2. The Hall–Kier alpha value is -2.95. The van der Waals surface area contributed by atoms with Gasteiger partial charge >= 0.3 is 11.9 Å². The molecule has 5 nitrogen and oxygen atoms in total. The molecule has 0 spiro atoms. The molecular formula is C24H25NO4. The zero-order chi connectivity index (χ0) is 21.0. The van der Waals surface area contributed by atoms with Crippen LogP contribution in [0, 0.1) is 0 Å². The van der Waals surface area contributed by atoms with Crippen LogP contribution in [0.15, 0.2) is 41.4 Å². The number of carbonyl (C=O) groups is 2. The van der Waals surface area contributed by atoms with Crippen molar-refractivity contribution in [2.24, 2.45) is 4.99 Å². The third kappa shape index (κ3) is 2.87. The number of benzene rings is 2. The van der Waals surface area contributed by atoms with E-state index in [2.05, 4.69) is 32.0 Å². The van der Waals surface area contributed by atoms with Crippen molar-refractivity contribution in [3.05, 3.63) is 53.1 Å². The monoisotopic (exact) mass is 391 g/mol. The maximum atomic E-state index is 11.4. The average Bonchev–Trinajstić information content (AvgIpc) is 3.06. The molecule has 0 bridgehead atoms. The number of hydrogen-bond donors (Lipinski definition) is 2. The van der Waals surface area contributed by atoms with E-state index in [1.165, 1.54) is 0 Å². The van der Waals surface area contributed by atoms with Crippen molar-refractivity contribution in [3.8, 4) is 11.1 Å². The van der Waals surface area contributed by atoms with Gasteiger partial charge in [0.05, 0.1) is 5.69 Å². The Bertz CT molecular complexity index is 1050. The van der Waals surface area contributed by atoms with Crippen LogP contribution < -0.4 is 0 Å². The Morgan fingerprint density at radius 2 is 1.52 bits per heavy atom. The van der Waals surface area contributed by atoms with E-state index in [0.29, 0.717) is 12.8 Å². The fourth-order valence-corrected chi connectivity index (χ4v) is 4.90. The van der Waals surface area contributed by atoms with Crippen LogP contribution in [0.3, 0.4) is 0 Å². The fraction of sp³-hybridized carbons (Fsp3) is 0.375. The van der Waals surface area contributed by atoms with E-state index in [0.717, 1.165) is 39.2 Å².